The van der Waals surface area contributed by atoms with E-state index in [0.29, 0.717) is 15.7 Å². The van der Waals surface area contributed by atoms with E-state index in [4.69, 9.17) is 0 Å². The lowest BCUT2D eigenvalue weighted by Gasteiger charge is -2.10. The van der Waals surface area contributed by atoms with Crippen LogP contribution in [0.25, 0.3) is 22.0 Å². The molecular weight excluding hydrogens is 242 g/mol. The first-order valence-corrected chi connectivity index (χ1v) is 5.81. The van der Waals surface area contributed by atoms with Crippen LogP contribution in [0.4, 0.5) is 0 Å². The van der Waals surface area contributed by atoms with Crippen molar-refractivity contribution in [3.8, 4) is 16.9 Å². The highest BCUT2D eigenvalue weighted by atomic mass is 16.5. The van der Waals surface area contributed by atoms with Gasteiger partial charge in [0.1, 0.15) is 5.75 Å². The van der Waals surface area contributed by atoms with E-state index in [-0.39, 0.29) is 16.8 Å². The highest BCUT2D eigenvalue weighted by Gasteiger charge is 2.16. The van der Waals surface area contributed by atoms with Crippen LogP contribution in [0.5, 0.6) is 5.75 Å². The molecule has 0 unspecified atom stereocenters. The van der Waals surface area contributed by atoms with Crippen LogP contribution in [-0.2, 0) is 0 Å². The maximum Gasteiger partial charge on any atom is 0.295 e. The van der Waals surface area contributed by atoms with Crippen molar-refractivity contribution in [2.75, 3.05) is 0 Å². The van der Waals surface area contributed by atoms with Crippen molar-refractivity contribution < 1.29 is 10.3 Å². The Bertz CT molecular complexity index is 807. The van der Waals surface area contributed by atoms with Crippen molar-refractivity contribution in [1.82, 2.24) is 4.73 Å². The fourth-order valence-corrected chi connectivity index (χ4v) is 2.17. The average molecular weight is 253 g/mol. The van der Waals surface area contributed by atoms with E-state index in [1.165, 1.54) is 0 Å². The van der Waals surface area contributed by atoms with Crippen LogP contribution in [0, 0.1) is 0 Å². The lowest BCUT2D eigenvalue weighted by Crippen LogP contribution is -2.20. The predicted octanol–water partition coefficient (Wildman–Crippen LogP) is 2.61. The van der Waals surface area contributed by atoms with Gasteiger partial charge in [-0.25, -0.2) is 0 Å². The SMILES string of the molecule is O=c1c(-c2ccccc2)c(O)c2ccccc2n1O. The van der Waals surface area contributed by atoms with Gasteiger partial charge < -0.3 is 10.3 Å². The van der Waals surface area contributed by atoms with E-state index >= 15 is 0 Å². The van der Waals surface area contributed by atoms with Gasteiger partial charge >= 0.3 is 0 Å². The molecule has 94 valence electrons. The van der Waals surface area contributed by atoms with E-state index in [2.05, 4.69) is 0 Å². The number of aromatic hydroxyl groups is 1. The molecule has 0 amide bonds. The van der Waals surface area contributed by atoms with Crippen LogP contribution in [0.15, 0.2) is 59.4 Å². The van der Waals surface area contributed by atoms with E-state index in [0.717, 1.165) is 0 Å². The highest BCUT2D eigenvalue weighted by molar-refractivity contribution is 5.91. The van der Waals surface area contributed by atoms with Gasteiger partial charge in [-0.15, -0.1) is 4.73 Å². The smallest absolute Gasteiger partial charge is 0.295 e. The van der Waals surface area contributed by atoms with Gasteiger partial charge in [-0.1, -0.05) is 42.5 Å². The maximum atomic E-state index is 12.2. The van der Waals surface area contributed by atoms with Gasteiger partial charge in [-0.3, -0.25) is 4.79 Å². The first kappa shape index (κ1) is 11.3. The molecule has 4 heteroatoms. The summed E-state index contributed by atoms with van der Waals surface area (Å²) in [6.45, 7) is 0. The second-order valence-electron chi connectivity index (χ2n) is 4.22. The van der Waals surface area contributed by atoms with Gasteiger partial charge in [0.05, 0.1) is 11.1 Å². The molecule has 0 atom stereocenters. The number of fused-ring (bicyclic) bond motifs is 1. The summed E-state index contributed by atoms with van der Waals surface area (Å²) in [6.07, 6.45) is 0. The quantitative estimate of drug-likeness (QED) is 0.655. The van der Waals surface area contributed by atoms with Gasteiger partial charge in [-0.2, -0.15) is 0 Å². The molecule has 3 rings (SSSR count). The third-order valence-electron chi connectivity index (χ3n) is 3.09. The Morgan fingerprint density at radius 1 is 0.895 bits per heavy atom. The lowest BCUT2D eigenvalue weighted by molar-refractivity contribution is 0.188. The minimum atomic E-state index is -0.637. The maximum absolute atomic E-state index is 12.2. The van der Waals surface area contributed by atoms with Gasteiger partial charge in [0.2, 0.25) is 0 Å². The average Bonchev–Trinajstić information content (AvgIpc) is 2.46. The van der Waals surface area contributed by atoms with Crippen LogP contribution in [0.1, 0.15) is 0 Å². The highest BCUT2D eigenvalue weighted by Crippen LogP contribution is 2.32. The molecule has 0 aliphatic heterocycles. The Morgan fingerprint density at radius 3 is 2.26 bits per heavy atom. The number of nitrogens with zero attached hydrogens (tertiary/aromatic N) is 1. The topological polar surface area (TPSA) is 62.5 Å². The minimum absolute atomic E-state index is 0.0989. The zero-order valence-corrected chi connectivity index (χ0v) is 9.95. The summed E-state index contributed by atoms with van der Waals surface area (Å²) in [6, 6.07) is 15.4. The number of hydrogen-bond acceptors (Lipinski definition) is 3. The summed E-state index contributed by atoms with van der Waals surface area (Å²) in [5.74, 6) is -0.114. The predicted molar refractivity (Wildman–Crippen MR) is 72.5 cm³/mol. The number of hydrogen-bond donors (Lipinski definition) is 2. The van der Waals surface area contributed by atoms with Crippen molar-refractivity contribution in [2.24, 2.45) is 0 Å². The van der Waals surface area contributed by atoms with Crippen LogP contribution < -0.4 is 5.56 Å². The zero-order valence-electron chi connectivity index (χ0n) is 9.95. The molecule has 0 radical (unpaired) electrons. The van der Waals surface area contributed by atoms with Crippen molar-refractivity contribution in [2.45, 2.75) is 0 Å². The Balaban J connectivity index is 2.48. The first-order chi connectivity index (χ1) is 9.20. The van der Waals surface area contributed by atoms with E-state index in [1.54, 1.807) is 48.5 Å². The monoisotopic (exact) mass is 253 g/mol. The second-order valence-corrected chi connectivity index (χ2v) is 4.22. The van der Waals surface area contributed by atoms with Crippen LogP contribution in [0.3, 0.4) is 0 Å². The summed E-state index contributed by atoms with van der Waals surface area (Å²) in [7, 11) is 0. The Hall–Kier alpha value is -2.75. The number of rotatable bonds is 1. The van der Waals surface area contributed by atoms with Crippen LogP contribution >= 0.6 is 0 Å². The molecule has 1 heterocycles. The largest absolute Gasteiger partial charge is 0.506 e. The minimum Gasteiger partial charge on any atom is -0.506 e. The fraction of sp³-hybridized carbons (Fsp3) is 0. The third kappa shape index (κ3) is 1.65. The Morgan fingerprint density at radius 2 is 1.53 bits per heavy atom. The van der Waals surface area contributed by atoms with E-state index in [1.807, 2.05) is 6.07 Å². The number of pyridine rings is 1. The lowest BCUT2D eigenvalue weighted by atomic mass is 10.0. The molecule has 0 aliphatic rings. The summed E-state index contributed by atoms with van der Waals surface area (Å²) in [5.41, 5.74) is 0.312. The summed E-state index contributed by atoms with van der Waals surface area (Å²) in [4.78, 5) is 12.2. The summed E-state index contributed by atoms with van der Waals surface area (Å²) < 4.78 is 0.567. The van der Waals surface area contributed by atoms with Crippen LogP contribution in [-0.4, -0.2) is 15.0 Å². The summed E-state index contributed by atoms with van der Waals surface area (Å²) in [5, 5.41) is 20.6. The van der Waals surface area contributed by atoms with Gasteiger partial charge in [-0.05, 0) is 17.7 Å². The summed E-state index contributed by atoms with van der Waals surface area (Å²) >= 11 is 0. The van der Waals surface area contributed by atoms with Crippen molar-refractivity contribution >= 4 is 10.9 Å². The van der Waals surface area contributed by atoms with Gasteiger partial charge in [0, 0.05) is 5.39 Å². The molecule has 0 saturated carbocycles. The van der Waals surface area contributed by atoms with Gasteiger partial charge in [0.15, 0.2) is 0 Å². The molecule has 4 nitrogen and oxygen atoms in total. The number of benzene rings is 2. The molecule has 2 N–H and O–H groups in total. The molecule has 0 aliphatic carbocycles. The molecule has 3 aromatic rings. The molecule has 0 spiro atoms. The van der Waals surface area contributed by atoms with Crippen LogP contribution in [0.2, 0.25) is 0 Å². The van der Waals surface area contributed by atoms with Crippen molar-refractivity contribution in [1.29, 1.82) is 0 Å². The zero-order chi connectivity index (χ0) is 13.4. The standard InChI is InChI=1S/C15H11NO3/c17-14-11-8-4-5-9-12(11)16(19)15(18)13(14)10-6-2-1-3-7-10/h1-9,17,19H. The number of para-hydroxylation sites is 1. The van der Waals surface area contributed by atoms with Gasteiger partial charge in [0.25, 0.3) is 5.56 Å². The van der Waals surface area contributed by atoms with Crippen molar-refractivity contribution in [3.05, 3.63) is 65.0 Å². The molecule has 19 heavy (non-hydrogen) atoms. The number of aromatic nitrogens is 1. The van der Waals surface area contributed by atoms with E-state index in [9.17, 15) is 15.1 Å². The second kappa shape index (κ2) is 4.17. The molecule has 1 aromatic heterocycles. The third-order valence-corrected chi connectivity index (χ3v) is 3.09. The fourth-order valence-electron chi connectivity index (χ4n) is 2.17. The normalized spacial score (nSPS) is 10.7. The molecule has 2 aromatic carbocycles. The molecule has 0 fully saturated rings. The first-order valence-electron chi connectivity index (χ1n) is 5.81. The van der Waals surface area contributed by atoms with E-state index < -0.39 is 5.56 Å². The Labute approximate surface area is 108 Å². The molecule has 0 saturated heterocycles. The van der Waals surface area contributed by atoms with Crippen molar-refractivity contribution in [3.63, 3.8) is 0 Å². The molecule has 0 bridgehead atoms. The molecular formula is C15H11NO3. The Kier molecular flexibility index (Phi) is 2.49.